The molecule has 2 rings (SSSR count). The molecule has 0 unspecified atom stereocenters. The third-order valence-electron chi connectivity index (χ3n) is 4.34. The third-order valence-corrected chi connectivity index (χ3v) is 4.34. The number of amides is 3. The Kier molecular flexibility index (Phi) is 8.01. The summed E-state index contributed by atoms with van der Waals surface area (Å²) >= 11 is 0. The Bertz CT molecular complexity index is 377. The lowest BCUT2D eigenvalue weighted by Gasteiger charge is -2.32. The van der Waals surface area contributed by atoms with E-state index < -0.39 is 0 Å². The first-order chi connectivity index (χ1) is 11.7. The van der Waals surface area contributed by atoms with Gasteiger partial charge in [0.15, 0.2) is 0 Å². The Morgan fingerprint density at radius 3 is 1.42 bits per heavy atom. The molecule has 1 saturated carbocycles. The van der Waals surface area contributed by atoms with Crippen molar-refractivity contribution in [2.24, 2.45) is 0 Å². The fraction of sp³-hybridized carbons (Fsp3) is 0.529. The van der Waals surface area contributed by atoms with Crippen molar-refractivity contribution in [1.29, 1.82) is 0 Å². The van der Waals surface area contributed by atoms with Crippen molar-refractivity contribution >= 4 is 19.2 Å². The van der Waals surface area contributed by atoms with Crippen LogP contribution in [0.15, 0.2) is 0 Å². The van der Waals surface area contributed by atoms with E-state index in [2.05, 4.69) is 17.7 Å². The molecular weight excluding hydrogens is 308 g/mol. The predicted molar refractivity (Wildman–Crippen MR) is 89.8 cm³/mol. The first kappa shape index (κ1) is 18.7. The summed E-state index contributed by atoms with van der Waals surface area (Å²) in [5.74, 6) is 1.23. The van der Waals surface area contributed by atoms with E-state index in [1.165, 1.54) is 5.92 Å². The molecule has 1 aliphatic heterocycles. The molecule has 1 aliphatic carbocycles. The Labute approximate surface area is 144 Å². The molecule has 2 fully saturated rings. The van der Waals surface area contributed by atoms with Crippen LogP contribution in [0, 0.1) is 31.6 Å². The van der Waals surface area contributed by atoms with E-state index in [1.807, 2.05) is 12.8 Å². The van der Waals surface area contributed by atoms with Gasteiger partial charge in [-0.1, -0.05) is 0 Å². The molecule has 3 amide bonds. The zero-order valence-corrected chi connectivity index (χ0v) is 13.9. The minimum absolute atomic E-state index is 0.484. The summed E-state index contributed by atoms with van der Waals surface area (Å²) in [6.45, 7) is 5.47. The Morgan fingerprint density at radius 1 is 0.667 bits per heavy atom. The molecule has 5 radical (unpaired) electrons. The molecule has 0 spiro atoms. The Morgan fingerprint density at radius 2 is 1.04 bits per heavy atom. The van der Waals surface area contributed by atoms with E-state index in [1.54, 1.807) is 14.7 Å². The number of carbonyl (C=O) groups excluding carboxylic acids is 3. The normalized spacial score (nSPS) is 22.8. The fourth-order valence-electron chi connectivity index (χ4n) is 2.75. The summed E-state index contributed by atoms with van der Waals surface area (Å²) < 4.78 is 0. The summed E-state index contributed by atoms with van der Waals surface area (Å²) in [6, 6.07) is 0. The third kappa shape index (κ3) is 6.11. The van der Waals surface area contributed by atoms with Crippen LogP contribution in [0.1, 0.15) is 0 Å². The van der Waals surface area contributed by atoms with Gasteiger partial charge in [-0.05, 0) is 31.6 Å². The molecule has 0 aromatic rings. The molecule has 7 nitrogen and oxygen atoms in total. The lowest BCUT2D eigenvalue weighted by molar-refractivity contribution is -0.123. The van der Waals surface area contributed by atoms with Crippen molar-refractivity contribution in [3.8, 4) is 0 Å². The lowest BCUT2D eigenvalue weighted by atomic mass is 10.1. The maximum Gasteiger partial charge on any atom is 0.209 e. The standard InChI is InChI=1S/C17H25N4O3/c22-14-19-7-5-18(13-17-3-1-2-4-17)6-8-20(15-23)10-12-21(16-24)11-9-19/h1-4,14-16H,5-13H2. The van der Waals surface area contributed by atoms with Gasteiger partial charge in [-0.15, -0.1) is 0 Å². The van der Waals surface area contributed by atoms with E-state index in [4.69, 9.17) is 0 Å². The molecule has 2 aliphatic rings. The molecule has 0 bridgehead atoms. The van der Waals surface area contributed by atoms with E-state index in [-0.39, 0.29) is 0 Å². The molecule has 24 heavy (non-hydrogen) atoms. The van der Waals surface area contributed by atoms with Crippen LogP contribution < -0.4 is 0 Å². The largest absolute Gasteiger partial charge is 0.342 e. The van der Waals surface area contributed by atoms with Gasteiger partial charge in [0.25, 0.3) is 0 Å². The summed E-state index contributed by atoms with van der Waals surface area (Å²) in [7, 11) is 0. The first-order valence-electron chi connectivity index (χ1n) is 8.26. The fourth-order valence-corrected chi connectivity index (χ4v) is 2.75. The zero-order valence-electron chi connectivity index (χ0n) is 13.9. The molecule has 131 valence electrons. The van der Waals surface area contributed by atoms with Crippen LogP contribution in [0.2, 0.25) is 0 Å². The molecule has 1 heterocycles. The molecule has 0 N–H and O–H groups in total. The van der Waals surface area contributed by atoms with Gasteiger partial charge in [0.05, 0.1) is 0 Å². The first-order valence-corrected chi connectivity index (χ1v) is 8.26. The van der Waals surface area contributed by atoms with Crippen LogP contribution >= 0.6 is 0 Å². The number of hydrogen-bond donors (Lipinski definition) is 0. The highest BCUT2D eigenvalue weighted by atomic mass is 16.1. The quantitative estimate of drug-likeness (QED) is 0.611. The van der Waals surface area contributed by atoms with Gasteiger partial charge < -0.3 is 14.7 Å². The van der Waals surface area contributed by atoms with Crippen molar-refractivity contribution in [3.63, 3.8) is 0 Å². The maximum absolute atomic E-state index is 11.2. The van der Waals surface area contributed by atoms with Gasteiger partial charge >= 0.3 is 0 Å². The van der Waals surface area contributed by atoms with Crippen molar-refractivity contribution < 1.29 is 14.4 Å². The van der Waals surface area contributed by atoms with Gasteiger partial charge in [0, 0.05) is 58.9 Å². The van der Waals surface area contributed by atoms with Crippen molar-refractivity contribution in [1.82, 2.24) is 19.6 Å². The van der Waals surface area contributed by atoms with Crippen LogP contribution in [0.5, 0.6) is 0 Å². The second-order valence-corrected chi connectivity index (χ2v) is 5.99. The van der Waals surface area contributed by atoms with E-state index >= 15 is 0 Å². The van der Waals surface area contributed by atoms with Crippen LogP contribution in [0.3, 0.4) is 0 Å². The van der Waals surface area contributed by atoms with Crippen LogP contribution in [0.4, 0.5) is 0 Å². The second kappa shape index (κ2) is 10.3. The molecule has 0 atom stereocenters. The van der Waals surface area contributed by atoms with E-state index in [0.717, 1.165) is 38.9 Å². The highest BCUT2D eigenvalue weighted by molar-refractivity contribution is 5.49. The predicted octanol–water partition coefficient (Wildman–Crippen LogP) is -0.918. The number of hydrogen-bond acceptors (Lipinski definition) is 4. The SMILES string of the molecule is O=CN1CCN(C=O)CCN(C[C]2[CH][CH][CH][CH]2)CCN(C=O)CC1. The van der Waals surface area contributed by atoms with Gasteiger partial charge in [0.2, 0.25) is 19.2 Å². The van der Waals surface area contributed by atoms with Gasteiger partial charge in [0.1, 0.15) is 0 Å². The number of nitrogens with zero attached hydrogens (tertiary/aromatic N) is 4. The Hall–Kier alpha value is -1.63. The smallest absolute Gasteiger partial charge is 0.209 e. The van der Waals surface area contributed by atoms with Gasteiger partial charge in [-0.2, -0.15) is 0 Å². The monoisotopic (exact) mass is 333 g/mol. The zero-order chi connectivity index (χ0) is 17.2. The van der Waals surface area contributed by atoms with Crippen molar-refractivity contribution in [2.45, 2.75) is 0 Å². The van der Waals surface area contributed by atoms with Crippen LogP contribution in [0.25, 0.3) is 0 Å². The minimum Gasteiger partial charge on any atom is -0.342 e. The number of rotatable bonds is 5. The summed E-state index contributed by atoms with van der Waals surface area (Å²) in [6.07, 6.45) is 10.6. The number of carbonyl (C=O) groups is 3. The minimum atomic E-state index is 0.484. The average molecular weight is 333 g/mol. The van der Waals surface area contributed by atoms with Crippen molar-refractivity contribution in [2.75, 3.05) is 58.9 Å². The summed E-state index contributed by atoms with van der Waals surface area (Å²) in [4.78, 5) is 40.8. The van der Waals surface area contributed by atoms with Crippen molar-refractivity contribution in [3.05, 3.63) is 31.6 Å². The van der Waals surface area contributed by atoms with E-state index in [0.29, 0.717) is 39.3 Å². The molecular formula is C17H25N4O3. The lowest BCUT2D eigenvalue weighted by Crippen LogP contribution is -2.45. The van der Waals surface area contributed by atoms with Gasteiger partial charge in [-0.25, -0.2) is 0 Å². The topological polar surface area (TPSA) is 64.2 Å². The maximum atomic E-state index is 11.2. The molecule has 7 heteroatoms. The van der Waals surface area contributed by atoms with Gasteiger partial charge in [-0.3, -0.25) is 19.3 Å². The molecule has 0 aromatic carbocycles. The molecule has 1 saturated heterocycles. The van der Waals surface area contributed by atoms with Crippen LogP contribution in [-0.2, 0) is 14.4 Å². The summed E-state index contributed by atoms with van der Waals surface area (Å²) in [5.41, 5.74) is 0. The highest BCUT2D eigenvalue weighted by Crippen LogP contribution is 2.23. The molecule has 0 aromatic heterocycles. The Balaban J connectivity index is 1.96. The highest BCUT2D eigenvalue weighted by Gasteiger charge is 2.21. The van der Waals surface area contributed by atoms with Crippen LogP contribution in [-0.4, -0.2) is 97.7 Å². The summed E-state index contributed by atoms with van der Waals surface area (Å²) in [5, 5.41) is 0. The average Bonchev–Trinajstić information content (AvgIpc) is 3.11. The van der Waals surface area contributed by atoms with E-state index in [9.17, 15) is 14.4 Å². The second-order valence-electron chi connectivity index (χ2n) is 5.99.